The molecule has 0 unspecified atom stereocenters. The van der Waals surface area contributed by atoms with E-state index in [0.717, 1.165) is 71.2 Å². The van der Waals surface area contributed by atoms with E-state index >= 15 is 0 Å². The highest BCUT2D eigenvalue weighted by atomic mass is 32.1. The van der Waals surface area contributed by atoms with Crippen LogP contribution in [0.2, 0.25) is 0 Å². The second-order valence-corrected chi connectivity index (χ2v) is 10.8. The average Bonchev–Trinajstić information content (AvgIpc) is 3.52. The van der Waals surface area contributed by atoms with Gasteiger partial charge >= 0.3 is 5.97 Å². The first kappa shape index (κ1) is 23.9. The van der Waals surface area contributed by atoms with Gasteiger partial charge in [-0.15, -0.1) is 0 Å². The van der Waals surface area contributed by atoms with E-state index in [1.54, 1.807) is 6.07 Å². The van der Waals surface area contributed by atoms with Crippen LogP contribution in [0, 0.1) is 6.92 Å². The van der Waals surface area contributed by atoms with Gasteiger partial charge in [-0.3, -0.25) is 0 Å². The predicted octanol–water partition coefficient (Wildman–Crippen LogP) is 6.03. The van der Waals surface area contributed by atoms with E-state index < -0.39 is 5.97 Å². The van der Waals surface area contributed by atoms with Crippen LogP contribution in [-0.2, 0) is 11.3 Å². The summed E-state index contributed by atoms with van der Waals surface area (Å²) in [5.74, 6) is 0.958. The SMILES string of the molecule is COc1cc(C(=O)O)cc2sc(N3CCC(OCc4c(-c5ccccc5C)noc4C4CC4)CC3)nc12. The lowest BCUT2D eigenvalue weighted by Gasteiger charge is -2.31. The van der Waals surface area contributed by atoms with Crippen LogP contribution < -0.4 is 9.64 Å². The number of methoxy groups -OCH3 is 1. The molecular weight excluding hydrogens is 490 g/mol. The molecule has 192 valence electrons. The fraction of sp³-hybridized carbons (Fsp3) is 0.393. The third-order valence-electron chi connectivity index (χ3n) is 7.26. The van der Waals surface area contributed by atoms with Crippen molar-refractivity contribution in [2.45, 2.75) is 51.2 Å². The number of carboxylic acid groups (broad SMARTS) is 1. The molecule has 2 aliphatic rings. The predicted molar refractivity (Wildman–Crippen MR) is 142 cm³/mol. The number of hydrogen-bond acceptors (Lipinski definition) is 8. The Kier molecular flexibility index (Phi) is 6.34. The van der Waals surface area contributed by atoms with Crippen LogP contribution in [0.4, 0.5) is 5.13 Å². The van der Waals surface area contributed by atoms with Crippen molar-refractivity contribution in [3.05, 3.63) is 58.8 Å². The summed E-state index contributed by atoms with van der Waals surface area (Å²) in [5.41, 5.74) is 5.18. The van der Waals surface area contributed by atoms with Crippen molar-refractivity contribution in [3.8, 4) is 17.0 Å². The van der Waals surface area contributed by atoms with Gasteiger partial charge in [-0.05, 0) is 50.3 Å². The number of benzene rings is 2. The van der Waals surface area contributed by atoms with Gasteiger partial charge in [0.25, 0.3) is 0 Å². The normalized spacial score (nSPS) is 16.4. The molecule has 0 spiro atoms. The minimum atomic E-state index is -0.976. The average molecular weight is 520 g/mol. The van der Waals surface area contributed by atoms with Crippen molar-refractivity contribution in [2.75, 3.05) is 25.1 Å². The van der Waals surface area contributed by atoms with Crippen LogP contribution in [-0.4, -0.2) is 47.5 Å². The molecule has 0 radical (unpaired) electrons. The van der Waals surface area contributed by atoms with Gasteiger partial charge in [-0.2, -0.15) is 0 Å². The largest absolute Gasteiger partial charge is 0.494 e. The van der Waals surface area contributed by atoms with E-state index in [-0.39, 0.29) is 11.7 Å². The first-order valence-electron chi connectivity index (χ1n) is 12.6. The molecule has 9 heteroatoms. The number of hydrogen-bond donors (Lipinski definition) is 1. The van der Waals surface area contributed by atoms with Crippen LogP contribution >= 0.6 is 11.3 Å². The molecule has 2 aromatic carbocycles. The van der Waals surface area contributed by atoms with Crippen molar-refractivity contribution < 1.29 is 23.9 Å². The smallest absolute Gasteiger partial charge is 0.335 e. The summed E-state index contributed by atoms with van der Waals surface area (Å²) in [6.07, 6.45) is 4.21. The molecule has 37 heavy (non-hydrogen) atoms. The van der Waals surface area contributed by atoms with Crippen molar-refractivity contribution in [1.29, 1.82) is 0 Å². The quantitative estimate of drug-likeness (QED) is 0.301. The zero-order chi connectivity index (χ0) is 25.5. The summed E-state index contributed by atoms with van der Waals surface area (Å²) in [6.45, 7) is 4.24. The third-order valence-corrected chi connectivity index (χ3v) is 8.32. The number of aryl methyl sites for hydroxylation is 1. The fourth-order valence-electron chi connectivity index (χ4n) is 4.99. The highest BCUT2D eigenvalue weighted by Crippen LogP contribution is 2.45. The Labute approximate surface area is 218 Å². The molecule has 1 aliphatic carbocycles. The van der Waals surface area contributed by atoms with Gasteiger partial charge in [0.05, 0.1) is 30.1 Å². The molecule has 4 aromatic rings. The number of carboxylic acids is 1. The summed E-state index contributed by atoms with van der Waals surface area (Å²) in [6, 6.07) is 11.5. The van der Waals surface area contributed by atoms with Crippen molar-refractivity contribution in [3.63, 3.8) is 0 Å². The standard InChI is InChI=1S/C28H29N3O5S/c1-16-5-3-4-6-20(16)24-21(26(36-30-24)17-7-8-17)15-35-19-9-11-31(12-10-19)28-29-25-22(34-2)13-18(27(32)33)14-23(25)37-28/h3-6,13-14,17,19H,7-12,15H2,1-2H3,(H,32,33). The first-order valence-corrected chi connectivity index (χ1v) is 13.5. The lowest BCUT2D eigenvalue weighted by molar-refractivity contribution is 0.0246. The maximum absolute atomic E-state index is 11.5. The zero-order valence-electron chi connectivity index (χ0n) is 20.9. The van der Waals surface area contributed by atoms with E-state index in [4.69, 9.17) is 19.0 Å². The zero-order valence-corrected chi connectivity index (χ0v) is 21.7. The van der Waals surface area contributed by atoms with Crippen LogP contribution in [0.3, 0.4) is 0 Å². The summed E-state index contributed by atoms with van der Waals surface area (Å²) in [4.78, 5) is 18.5. The number of anilines is 1. The molecule has 2 fully saturated rings. The monoisotopic (exact) mass is 519 g/mol. The summed E-state index contributed by atoms with van der Waals surface area (Å²) < 4.78 is 18.5. The Morgan fingerprint density at radius 2 is 1.97 bits per heavy atom. The van der Waals surface area contributed by atoms with Gasteiger partial charge in [0.15, 0.2) is 5.13 Å². The lowest BCUT2D eigenvalue weighted by atomic mass is 10.0. The van der Waals surface area contributed by atoms with Gasteiger partial charge < -0.3 is 24.0 Å². The number of aromatic carboxylic acids is 1. The van der Waals surface area contributed by atoms with Crippen LogP contribution in [0.1, 0.15) is 58.8 Å². The van der Waals surface area contributed by atoms with Crippen LogP contribution in [0.15, 0.2) is 40.9 Å². The maximum atomic E-state index is 11.5. The lowest BCUT2D eigenvalue weighted by Crippen LogP contribution is -2.37. The molecule has 2 aromatic heterocycles. The number of piperidine rings is 1. The molecule has 0 amide bonds. The summed E-state index contributed by atoms with van der Waals surface area (Å²) in [7, 11) is 1.54. The topological polar surface area (TPSA) is 97.9 Å². The van der Waals surface area contributed by atoms with Crippen LogP contribution in [0.25, 0.3) is 21.5 Å². The fourth-order valence-corrected chi connectivity index (χ4v) is 6.07. The number of nitrogens with zero attached hydrogens (tertiary/aromatic N) is 3. The Balaban J connectivity index is 1.14. The maximum Gasteiger partial charge on any atom is 0.335 e. The highest BCUT2D eigenvalue weighted by Gasteiger charge is 2.33. The molecule has 1 N–H and O–H groups in total. The number of ether oxygens (including phenoxy) is 2. The number of thiazole rings is 1. The number of rotatable bonds is 8. The molecule has 0 atom stereocenters. The Hall–Kier alpha value is -3.43. The Bertz CT molecular complexity index is 1450. The van der Waals surface area contributed by atoms with Crippen molar-refractivity contribution in [2.24, 2.45) is 0 Å². The van der Waals surface area contributed by atoms with Gasteiger partial charge in [0.1, 0.15) is 22.7 Å². The van der Waals surface area contributed by atoms with E-state index in [1.165, 1.54) is 30.1 Å². The van der Waals surface area contributed by atoms with Crippen LogP contribution in [0.5, 0.6) is 5.75 Å². The minimum Gasteiger partial charge on any atom is -0.494 e. The van der Waals surface area contributed by atoms with E-state index in [9.17, 15) is 9.90 Å². The minimum absolute atomic E-state index is 0.144. The molecular formula is C28H29N3O5S. The molecule has 1 saturated carbocycles. The van der Waals surface area contributed by atoms with Crippen molar-refractivity contribution >= 4 is 32.7 Å². The molecule has 6 rings (SSSR count). The molecule has 1 saturated heterocycles. The second kappa shape index (κ2) is 9.79. The molecule has 1 aliphatic heterocycles. The van der Waals surface area contributed by atoms with Gasteiger partial charge in [0.2, 0.25) is 0 Å². The van der Waals surface area contributed by atoms with E-state index in [1.807, 2.05) is 12.1 Å². The molecule has 8 nitrogen and oxygen atoms in total. The third kappa shape index (κ3) is 4.69. The van der Waals surface area contributed by atoms with Crippen molar-refractivity contribution in [1.82, 2.24) is 10.1 Å². The van der Waals surface area contributed by atoms with Gasteiger partial charge in [0, 0.05) is 30.1 Å². The molecule has 0 bridgehead atoms. The van der Waals surface area contributed by atoms with E-state index in [2.05, 4.69) is 29.1 Å². The Morgan fingerprint density at radius 1 is 1.19 bits per heavy atom. The van der Waals surface area contributed by atoms with E-state index in [0.29, 0.717) is 23.8 Å². The second-order valence-electron chi connectivity index (χ2n) is 9.79. The summed E-state index contributed by atoms with van der Waals surface area (Å²) in [5, 5.41) is 14.7. The first-order chi connectivity index (χ1) is 18.0. The number of fused-ring (bicyclic) bond motifs is 1. The van der Waals surface area contributed by atoms with Gasteiger partial charge in [-0.1, -0.05) is 40.8 Å². The number of aromatic nitrogens is 2. The highest BCUT2D eigenvalue weighted by molar-refractivity contribution is 7.22. The summed E-state index contributed by atoms with van der Waals surface area (Å²) >= 11 is 1.50. The Morgan fingerprint density at radius 3 is 2.68 bits per heavy atom. The molecule has 3 heterocycles. The van der Waals surface area contributed by atoms with Gasteiger partial charge in [-0.25, -0.2) is 9.78 Å². The number of carbonyl (C=O) groups is 1.